The van der Waals surface area contributed by atoms with Gasteiger partial charge in [0.2, 0.25) is 5.13 Å². The molecule has 0 spiro atoms. The number of nitrogens with one attached hydrogen (secondary N) is 1. The molecular weight excluding hydrogens is 220 g/mol. The highest BCUT2D eigenvalue weighted by molar-refractivity contribution is 7.15. The van der Waals surface area contributed by atoms with Crippen LogP contribution in [0.2, 0.25) is 0 Å². The van der Waals surface area contributed by atoms with E-state index in [0.29, 0.717) is 0 Å². The second-order valence-electron chi connectivity index (χ2n) is 3.53. The molecule has 0 aliphatic rings. The van der Waals surface area contributed by atoms with Crippen LogP contribution < -0.4 is 5.32 Å². The van der Waals surface area contributed by atoms with Crippen molar-refractivity contribution in [1.29, 1.82) is 0 Å². The maximum Gasteiger partial charge on any atom is 0.205 e. The molecule has 0 aliphatic carbocycles. The second kappa shape index (κ2) is 5.03. The van der Waals surface area contributed by atoms with Crippen molar-refractivity contribution in [3.8, 4) is 0 Å². The van der Waals surface area contributed by atoms with Gasteiger partial charge in [-0.1, -0.05) is 24.3 Å². The summed E-state index contributed by atoms with van der Waals surface area (Å²) in [5.74, 6) is 0. The molecule has 16 heavy (non-hydrogen) atoms. The molecule has 0 aliphatic heterocycles. The molecule has 0 saturated carbocycles. The van der Waals surface area contributed by atoms with E-state index in [1.165, 1.54) is 11.1 Å². The van der Waals surface area contributed by atoms with E-state index in [0.717, 1.165) is 23.1 Å². The van der Waals surface area contributed by atoms with E-state index >= 15 is 0 Å². The summed E-state index contributed by atoms with van der Waals surface area (Å²) in [7, 11) is 0. The Morgan fingerprint density at radius 2 is 2.06 bits per heavy atom. The standard InChI is InChI=1S/C11H14N4S/c1-3-9-4-10(6-12-5-9)7-13-11-15-14-8(2)16-11/h4-6H,3,7H2,1-2H3,(H,13,15). The molecular formula is C11H14N4S. The number of aromatic nitrogens is 3. The zero-order valence-electron chi connectivity index (χ0n) is 9.40. The first-order chi connectivity index (χ1) is 7.78. The Bertz CT molecular complexity index is 467. The van der Waals surface area contributed by atoms with E-state index in [-0.39, 0.29) is 0 Å². The first-order valence-electron chi connectivity index (χ1n) is 5.24. The van der Waals surface area contributed by atoms with Crippen LogP contribution in [-0.4, -0.2) is 15.2 Å². The summed E-state index contributed by atoms with van der Waals surface area (Å²) in [5.41, 5.74) is 2.43. The van der Waals surface area contributed by atoms with Gasteiger partial charge in [-0.15, -0.1) is 10.2 Å². The summed E-state index contributed by atoms with van der Waals surface area (Å²) in [6, 6.07) is 2.16. The lowest BCUT2D eigenvalue weighted by Gasteiger charge is -2.03. The maximum absolute atomic E-state index is 4.20. The molecule has 0 aromatic carbocycles. The molecule has 2 heterocycles. The van der Waals surface area contributed by atoms with Crippen LogP contribution >= 0.6 is 11.3 Å². The predicted molar refractivity (Wildman–Crippen MR) is 65.6 cm³/mol. The van der Waals surface area contributed by atoms with Crippen molar-refractivity contribution < 1.29 is 0 Å². The quantitative estimate of drug-likeness (QED) is 0.882. The van der Waals surface area contributed by atoms with E-state index < -0.39 is 0 Å². The first-order valence-corrected chi connectivity index (χ1v) is 6.06. The predicted octanol–water partition coefficient (Wildman–Crippen LogP) is 2.42. The lowest BCUT2D eigenvalue weighted by atomic mass is 10.2. The van der Waals surface area contributed by atoms with Crippen LogP contribution in [0.4, 0.5) is 5.13 Å². The van der Waals surface area contributed by atoms with Crippen LogP contribution in [0.1, 0.15) is 23.1 Å². The third-order valence-corrected chi connectivity index (χ3v) is 3.03. The highest BCUT2D eigenvalue weighted by Crippen LogP contribution is 2.14. The highest BCUT2D eigenvalue weighted by Gasteiger charge is 2.00. The van der Waals surface area contributed by atoms with Crippen molar-refractivity contribution in [2.75, 3.05) is 5.32 Å². The fourth-order valence-corrected chi connectivity index (χ4v) is 1.96. The van der Waals surface area contributed by atoms with Crippen LogP contribution in [0.5, 0.6) is 0 Å². The van der Waals surface area contributed by atoms with Crippen LogP contribution in [0.3, 0.4) is 0 Å². The normalized spacial score (nSPS) is 10.4. The number of anilines is 1. The van der Waals surface area contributed by atoms with E-state index in [4.69, 9.17) is 0 Å². The van der Waals surface area contributed by atoms with Crippen molar-refractivity contribution in [1.82, 2.24) is 15.2 Å². The first kappa shape index (κ1) is 11.0. The fraction of sp³-hybridized carbons (Fsp3) is 0.364. The third-order valence-electron chi connectivity index (χ3n) is 2.23. The molecule has 2 rings (SSSR count). The number of hydrogen-bond donors (Lipinski definition) is 1. The van der Waals surface area contributed by atoms with Gasteiger partial charge in [-0.05, 0) is 24.5 Å². The average Bonchev–Trinajstić information content (AvgIpc) is 2.73. The Hall–Kier alpha value is -1.49. The maximum atomic E-state index is 4.20. The van der Waals surface area contributed by atoms with E-state index in [1.54, 1.807) is 11.3 Å². The number of pyridine rings is 1. The Labute approximate surface area is 98.8 Å². The van der Waals surface area contributed by atoms with Crippen LogP contribution in [0.15, 0.2) is 18.5 Å². The van der Waals surface area contributed by atoms with Crippen LogP contribution in [0.25, 0.3) is 0 Å². The van der Waals surface area contributed by atoms with Crippen molar-refractivity contribution in [3.63, 3.8) is 0 Å². The van der Waals surface area contributed by atoms with Crippen molar-refractivity contribution in [3.05, 3.63) is 34.6 Å². The van der Waals surface area contributed by atoms with Gasteiger partial charge < -0.3 is 5.32 Å². The molecule has 0 radical (unpaired) electrons. The Balaban J connectivity index is 1.99. The molecule has 2 aromatic heterocycles. The zero-order chi connectivity index (χ0) is 11.4. The largest absolute Gasteiger partial charge is 0.356 e. The molecule has 5 heteroatoms. The van der Waals surface area contributed by atoms with Crippen molar-refractivity contribution >= 4 is 16.5 Å². The number of nitrogens with zero attached hydrogens (tertiary/aromatic N) is 3. The number of rotatable bonds is 4. The van der Waals surface area contributed by atoms with Crippen LogP contribution in [-0.2, 0) is 13.0 Å². The van der Waals surface area contributed by atoms with Gasteiger partial charge in [-0.3, -0.25) is 4.98 Å². The molecule has 0 unspecified atom stereocenters. The SMILES string of the molecule is CCc1cncc(CNc2nnc(C)s2)c1. The van der Waals surface area contributed by atoms with Crippen molar-refractivity contribution in [2.24, 2.45) is 0 Å². The molecule has 0 atom stereocenters. The molecule has 84 valence electrons. The lowest BCUT2D eigenvalue weighted by Crippen LogP contribution is -2.00. The van der Waals surface area contributed by atoms with Gasteiger partial charge in [0.1, 0.15) is 5.01 Å². The summed E-state index contributed by atoms with van der Waals surface area (Å²) in [6.45, 7) is 4.82. The minimum Gasteiger partial charge on any atom is -0.356 e. The third kappa shape index (κ3) is 2.76. The highest BCUT2D eigenvalue weighted by atomic mass is 32.1. The van der Waals surface area contributed by atoms with E-state index in [2.05, 4.69) is 33.5 Å². The Morgan fingerprint density at radius 1 is 1.25 bits per heavy atom. The summed E-state index contributed by atoms with van der Waals surface area (Å²) in [5, 5.41) is 13.0. The monoisotopic (exact) mass is 234 g/mol. The molecule has 0 saturated heterocycles. The molecule has 1 N–H and O–H groups in total. The molecule has 0 fully saturated rings. The van der Waals surface area contributed by atoms with E-state index in [9.17, 15) is 0 Å². The summed E-state index contributed by atoms with van der Waals surface area (Å²) < 4.78 is 0. The summed E-state index contributed by atoms with van der Waals surface area (Å²) in [6.07, 6.45) is 4.79. The Morgan fingerprint density at radius 3 is 2.75 bits per heavy atom. The molecule has 0 bridgehead atoms. The second-order valence-corrected chi connectivity index (χ2v) is 4.72. The van der Waals surface area contributed by atoms with Gasteiger partial charge in [0.25, 0.3) is 0 Å². The topological polar surface area (TPSA) is 50.7 Å². The van der Waals surface area contributed by atoms with E-state index in [1.807, 2.05) is 19.3 Å². The minimum absolute atomic E-state index is 0.746. The van der Waals surface area contributed by atoms with Gasteiger partial charge in [0.05, 0.1) is 0 Å². The Kier molecular flexibility index (Phi) is 3.46. The fourth-order valence-electron chi connectivity index (χ4n) is 1.38. The molecule has 2 aromatic rings. The van der Waals surface area contributed by atoms with Gasteiger partial charge in [-0.25, -0.2) is 0 Å². The van der Waals surface area contributed by atoms with Gasteiger partial charge >= 0.3 is 0 Å². The van der Waals surface area contributed by atoms with Gasteiger partial charge in [0.15, 0.2) is 0 Å². The van der Waals surface area contributed by atoms with Gasteiger partial charge in [-0.2, -0.15) is 0 Å². The summed E-state index contributed by atoms with van der Waals surface area (Å²) in [4.78, 5) is 4.20. The van der Waals surface area contributed by atoms with Gasteiger partial charge in [0, 0.05) is 18.9 Å². The zero-order valence-corrected chi connectivity index (χ0v) is 10.2. The average molecular weight is 234 g/mol. The van der Waals surface area contributed by atoms with Crippen molar-refractivity contribution in [2.45, 2.75) is 26.8 Å². The number of aryl methyl sites for hydroxylation is 2. The summed E-state index contributed by atoms with van der Waals surface area (Å²) >= 11 is 1.56. The molecule has 0 amide bonds. The smallest absolute Gasteiger partial charge is 0.205 e. The number of hydrogen-bond acceptors (Lipinski definition) is 5. The molecule has 4 nitrogen and oxygen atoms in total. The lowest BCUT2D eigenvalue weighted by molar-refractivity contribution is 1.01. The minimum atomic E-state index is 0.746. The van der Waals surface area contributed by atoms with Crippen LogP contribution in [0, 0.1) is 6.92 Å².